The van der Waals surface area contributed by atoms with E-state index in [-0.39, 0.29) is 0 Å². The molecule has 0 spiro atoms. The van der Waals surface area contributed by atoms with E-state index in [1.54, 1.807) is 22.3 Å². The minimum absolute atomic E-state index is 1.20. The summed E-state index contributed by atoms with van der Waals surface area (Å²) in [5, 5.41) is 13.5. The highest BCUT2D eigenvalue weighted by molar-refractivity contribution is 6.39. The Morgan fingerprint density at radius 3 is 1.07 bits per heavy atom. The van der Waals surface area contributed by atoms with Crippen LogP contribution in [0.2, 0.25) is 0 Å². The van der Waals surface area contributed by atoms with Crippen LogP contribution in [-0.2, 0) is 25.7 Å². The van der Waals surface area contributed by atoms with Gasteiger partial charge in [-0.25, -0.2) is 0 Å². The summed E-state index contributed by atoms with van der Waals surface area (Å²) < 4.78 is 0. The number of hydrogen-bond donors (Lipinski definition) is 0. The van der Waals surface area contributed by atoms with Crippen molar-refractivity contribution in [3.8, 4) is 22.3 Å². The van der Waals surface area contributed by atoms with Crippen LogP contribution in [0.15, 0.2) is 121 Å². The van der Waals surface area contributed by atoms with Gasteiger partial charge in [-0.3, -0.25) is 0 Å². The second kappa shape index (κ2) is 10.3. The molecule has 0 aliphatic heterocycles. The Labute approximate surface area is 270 Å². The van der Waals surface area contributed by atoms with Crippen molar-refractivity contribution in [3.05, 3.63) is 144 Å². The highest BCUT2D eigenvalue weighted by atomic mass is 14.2. The van der Waals surface area contributed by atoms with Gasteiger partial charge in [0, 0.05) is 0 Å². The van der Waals surface area contributed by atoms with E-state index in [1.165, 1.54) is 127 Å². The Kier molecular flexibility index (Phi) is 5.88. The molecule has 0 saturated carbocycles. The molecular formula is C46H36. The molecule has 0 radical (unpaired) electrons. The van der Waals surface area contributed by atoms with Crippen molar-refractivity contribution in [2.75, 3.05) is 0 Å². The van der Waals surface area contributed by atoms with Gasteiger partial charge in [0.2, 0.25) is 0 Å². The molecule has 10 rings (SSSR count). The molecule has 0 heteroatoms. The van der Waals surface area contributed by atoms with Crippen LogP contribution in [-0.4, -0.2) is 0 Å². The molecule has 8 aromatic rings. The van der Waals surface area contributed by atoms with E-state index in [1.807, 2.05) is 0 Å². The molecule has 8 aromatic carbocycles. The summed E-state index contributed by atoms with van der Waals surface area (Å²) in [4.78, 5) is 0. The van der Waals surface area contributed by atoms with Crippen molar-refractivity contribution < 1.29 is 0 Å². The number of fused-ring (bicyclic) bond motifs is 13. The molecule has 2 aliphatic carbocycles. The zero-order valence-corrected chi connectivity index (χ0v) is 26.2. The van der Waals surface area contributed by atoms with Gasteiger partial charge in [-0.2, -0.15) is 0 Å². The van der Waals surface area contributed by atoms with Gasteiger partial charge in [0.05, 0.1) is 0 Å². The third-order valence-corrected chi connectivity index (χ3v) is 11.2. The maximum Gasteiger partial charge on any atom is -0.00137 e. The minimum atomic E-state index is 1.20. The Morgan fingerprint density at radius 2 is 0.609 bits per heavy atom. The van der Waals surface area contributed by atoms with Crippen molar-refractivity contribution in [1.29, 1.82) is 0 Å². The van der Waals surface area contributed by atoms with Crippen molar-refractivity contribution in [3.63, 3.8) is 0 Å². The minimum Gasteiger partial charge on any atom is -0.0616 e. The molecular weight excluding hydrogens is 553 g/mol. The fraction of sp³-hybridized carbons (Fsp3) is 0.174. The first-order valence-electron chi connectivity index (χ1n) is 17.3. The maximum absolute atomic E-state index is 2.49. The first-order valence-corrected chi connectivity index (χ1v) is 17.3. The first kappa shape index (κ1) is 26.3. The topological polar surface area (TPSA) is 0 Å². The molecule has 0 saturated heterocycles. The first-order chi connectivity index (χ1) is 22.8. The number of hydrogen-bond acceptors (Lipinski definition) is 0. The average molecular weight is 589 g/mol. The van der Waals surface area contributed by atoms with Crippen molar-refractivity contribution in [1.82, 2.24) is 0 Å². The Bertz CT molecular complexity index is 2350. The van der Waals surface area contributed by atoms with Gasteiger partial charge in [0.1, 0.15) is 0 Å². The van der Waals surface area contributed by atoms with E-state index < -0.39 is 0 Å². The summed E-state index contributed by atoms with van der Waals surface area (Å²) in [7, 11) is 0. The largest absolute Gasteiger partial charge is 0.0616 e. The van der Waals surface area contributed by atoms with Crippen LogP contribution in [0.4, 0.5) is 0 Å². The standard InChI is InChI=1S/C46H36/c1-3-11-31-25-33(19-17-29(31)9-1)35-21-23-39-40-24-22-36(34-20-18-30-10-2-4-12-32(30)26-34)28-44(40)46-42-16-8-6-14-38(42)37-13-5-7-15-41(37)45(46)43(39)27-35/h5-8,13-28H,1-4,9-12H2. The van der Waals surface area contributed by atoms with E-state index >= 15 is 0 Å². The summed E-state index contributed by atoms with van der Waals surface area (Å²) >= 11 is 0. The molecule has 2 aliphatic rings. The van der Waals surface area contributed by atoms with Crippen molar-refractivity contribution in [2.24, 2.45) is 0 Å². The number of benzene rings is 8. The van der Waals surface area contributed by atoms with Gasteiger partial charge in [-0.15, -0.1) is 0 Å². The molecule has 0 atom stereocenters. The van der Waals surface area contributed by atoms with Gasteiger partial charge >= 0.3 is 0 Å². The summed E-state index contributed by atoms with van der Waals surface area (Å²) in [6.45, 7) is 0. The predicted molar refractivity (Wildman–Crippen MR) is 198 cm³/mol. The Morgan fingerprint density at radius 1 is 0.261 bits per heavy atom. The lowest BCUT2D eigenvalue weighted by molar-refractivity contribution is 0.686. The van der Waals surface area contributed by atoms with Crippen LogP contribution in [0.25, 0.3) is 76.1 Å². The smallest absolute Gasteiger partial charge is 0.00137 e. The molecule has 0 bridgehead atoms. The summed E-state index contributed by atoms with van der Waals surface area (Å²) in [6.07, 6.45) is 10.1. The van der Waals surface area contributed by atoms with E-state index in [0.717, 1.165) is 0 Å². The molecule has 46 heavy (non-hydrogen) atoms. The lowest BCUT2D eigenvalue weighted by Crippen LogP contribution is -2.02. The zero-order valence-electron chi connectivity index (χ0n) is 26.2. The third-order valence-electron chi connectivity index (χ3n) is 11.2. The van der Waals surface area contributed by atoms with Gasteiger partial charge in [0.25, 0.3) is 0 Å². The van der Waals surface area contributed by atoms with Crippen molar-refractivity contribution >= 4 is 53.9 Å². The number of aryl methyl sites for hydroxylation is 4. The third kappa shape index (κ3) is 3.99. The van der Waals surface area contributed by atoms with Crippen LogP contribution in [0, 0.1) is 0 Å². The van der Waals surface area contributed by atoms with E-state index in [9.17, 15) is 0 Å². The van der Waals surface area contributed by atoms with Gasteiger partial charge in [-0.05, 0) is 162 Å². The maximum atomic E-state index is 2.49. The van der Waals surface area contributed by atoms with Crippen LogP contribution >= 0.6 is 0 Å². The van der Waals surface area contributed by atoms with E-state index in [4.69, 9.17) is 0 Å². The molecule has 0 heterocycles. The average Bonchev–Trinajstić information content (AvgIpc) is 3.13. The highest BCUT2D eigenvalue weighted by Crippen LogP contribution is 2.46. The summed E-state index contributed by atoms with van der Waals surface area (Å²) in [5.41, 5.74) is 11.5. The molecule has 0 fully saturated rings. The fourth-order valence-corrected chi connectivity index (χ4v) is 8.86. The van der Waals surface area contributed by atoms with Crippen LogP contribution in [0.3, 0.4) is 0 Å². The molecule has 0 N–H and O–H groups in total. The highest BCUT2D eigenvalue weighted by Gasteiger charge is 2.18. The predicted octanol–water partition coefficient (Wildman–Crippen LogP) is 12.5. The fourth-order valence-electron chi connectivity index (χ4n) is 8.86. The normalized spacial score (nSPS) is 14.7. The van der Waals surface area contributed by atoms with Crippen LogP contribution in [0.5, 0.6) is 0 Å². The Balaban J connectivity index is 1.31. The SMILES string of the molecule is c1ccc2c(c1)c1ccccc1c1c3cc(-c4ccc5c(c4)CCCC5)ccc3c3ccc(-c4ccc5c(c4)CCCC5)cc3c21. The zero-order chi connectivity index (χ0) is 30.2. The van der Waals surface area contributed by atoms with Gasteiger partial charge in [-0.1, -0.05) is 109 Å². The monoisotopic (exact) mass is 588 g/mol. The lowest BCUT2D eigenvalue weighted by atomic mass is 9.84. The molecule has 0 unspecified atom stereocenters. The lowest BCUT2D eigenvalue weighted by Gasteiger charge is -2.19. The summed E-state index contributed by atoms with van der Waals surface area (Å²) in [5.74, 6) is 0. The van der Waals surface area contributed by atoms with Gasteiger partial charge in [0.15, 0.2) is 0 Å². The summed E-state index contributed by atoms with van der Waals surface area (Å²) in [6, 6.07) is 47.0. The Hall–Kier alpha value is -4.94. The van der Waals surface area contributed by atoms with Gasteiger partial charge < -0.3 is 0 Å². The second-order valence-electron chi connectivity index (χ2n) is 13.7. The quantitative estimate of drug-likeness (QED) is 0.176. The molecule has 0 aromatic heterocycles. The van der Waals surface area contributed by atoms with Crippen molar-refractivity contribution in [2.45, 2.75) is 51.4 Å². The van der Waals surface area contributed by atoms with Crippen LogP contribution < -0.4 is 0 Å². The number of rotatable bonds is 2. The molecule has 0 nitrogen and oxygen atoms in total. The molecule has 0 amide bonds. The van der Waals surface area contributed by atoms with Crippen LogP contribution in [0.1, 0.15) is 47.9 Å². The second-order valence-corrected chi connectivity index (χ2v) is 13.7. The van der Waals surface area contributed by atoms with E-state index in [2.05, 4.69) is 121 Å². The molecule has 220 valence electrons. The van der Waals surface area contributed by atoms with E-state index in [0.29, 0.717) is 0 Å².